The Labute approximate surface area is 61.8 Å². The Morgan fingerprint density at radius 1 is 1.56 bits per heavy atom. The molecule has 52 valence electrons. The molecule has 0 saturated heterocycles. The zero-order valence-corrected chi connectivity index (χ0v) is 6.82. The number of rotatable bonds is 2. The molecule has 2 N–H and O–H groups in total. The molecule has 0 heterocycles. The molecule has 1 amide bonds. The van der Waals surface area contributed by atoms with Crippen LogP contribution < -0.4 is 10.7 Å². The van der Waals surface area contributed by atoms with Crippen LogP contribution in [0.4, 0.5) is 0 Å². The van der Waals surface area contributed by atoms with Crippen molar-refractivity contribution in [2.75, 3.05) is 14.1 Å². The molecule has 0 rings (SSSR count). The first-order chi connectivity index (χ1) is 4.22. The maximum Gasteiger partial charge on any atom is 0.278 e. The molecule has 5 heteroatoms. The summed E-state index contributed by atoms with van der Waals surface area (Å²) >= 11 is 2.94. The first kappa shape index (κ1) is 8.42. The highest BCUT2D eigenvalue weighted by Crippen LogP contribution is 1.86. The standard InChI is InChI=1S/C4H8BrN3O/c1-6-4(9)3(5)8-7-2/h7H,1-2H3,(H,6,9)/b8-3+. The summed E-state index contributed by atoms with van der Waals surface area (Å²) in [6, 6.07) is 0. The maximum atomic E-state index is 10.6. The predicted octanol–water partition coefficient (Wildman–Crippen LogP) is -0.340. The largest absolute Gasteiger partial charge is 0.353 e. The van der Waals surface area contributed by atoms with E-state index in [1.807, 2.05) is 0 Å². The third-order valence-corrected chi connectivity index (χ3v) is 1.16. The molecule has 0 saturated carbocycles. The minimum atomic E-state index is -0.246. The van der Waals surface area contributed by atoms with Crippen LogP contribution in [-0.2, 0) is 4.79 Å². The van der Waals surface area contributed by atoms with Gasteiger partial charge in [0.25, 0.3) is 5.91 Å². The number of hydrogen-bond donors (Lipinski definition) is 2. The van der Waals surface area contributed by atoms with Crippen molar-refractivity contribution in [3.63, 3.8) is 0 Å². The first-order valence-electron chi connectivity index (χ1n) is 2.34. The van der Waals surface area contributed by atoms with Crippen molar-refractivity contribution in [3.8, 4) is 0 Å². The summed E-state index contributed by atoms with van der Waals surface area (Å²) in [5.74, 6) is -0.246. The third kappa shape index (κ3) is 3.07. The normalized spacial score (nSPS) is 10.8. The monoisotopic (exact) mass is 193 g/mol. The number of nitrogens with one attached hydrogen (secondary N) is 2. The molecule has 0 unspecified atom stereocenters. The maximum absolute atomic E-state index is 10.6. The van der Waals surface area contributed by atoms with Crippen LogP contribution in [0, 0.1) is 0 Å². The zero-order chi connectivity index (χ0) is 7.28. The van der Waals surface area contributed by atoms with E-state index < -0.39 is 0 Å². The number of nitrogens with zero attached hydrogens (tertiary/aromatic N) is 1. The van der Waals surface area contributed by atoms with E-state index in [0.29, 0.717) is 0 Å². The van der Waals surface area contributed by atoms with Gasteiger partial charge in [0.05, 0.1) is 0 Å². The van der Waals surface area contributed by atoms with Crippen LogP contribution in [-0.4, -0.2) is 24.6 Å². The number of amides is 1. The highest BCUT2D eigenvalue weighted by atomic mass is 79.9. The quantitative estimate of drug-likeness (QED) is 0.466. The molecule has 0 aromatic carbocycles. The Kier molecular flexibility index (Phi) is 4.04. The van der Waals surface area contributed by atoms with Gasteiger partial charge in [-0.3, -0.25) is 4.79 Å². The molecule has 4 nitrogen and oxygen atoms in total. The molecule has 0 aliphatic carbocycles. The molecule has 0 aromatic rings. The Morgan fingerprint density at radius 2 is 2.11 bits per heavy atom. The van der Waals surface area contributed by atoms with Crippen LogP contribution in [0.5, 0.6) is 0 Å². The van der Waals surface area contributed by atoms with Gasteiger partial charge in [-0.05, 0) is 15.9 Å². The highest BCUT2D eigenvalue weighted by Gasteiger charge is 2.01. The number of halogens is 1. The van der Waals surface area contributed by atoms with Crippen molar-refractivity contribution in [1.82, 2.24) is 10.7 Å². The van der Waals surface area contributed by atoms with Gasteiger partial charge < -0.3 is 10.7 Å². The van der Waals surface area contributed by atoms with Gasteiger partial charge in [0, 0.05) is 14.1 Å². The van der Waals surface area contributed by atoms with Gasteiger partial charge in [-0.15, -0.1) is 0 Å². The lowest BCUT2D eigenvalue weighted by Crippen LogP contribution is -2.24. The van der Waals surface area contributed by atoms with Crippen LogP contribution in [0.2, 0.25) is 0 Å². The molecule has 0 bridgehead atoms. The van der Waals surface area contributed by atoms with Gasteiger partial charge in [0.15, 0.2) is 4.62 Å². The van der Waals surface area contributed by atoms with E-state index in [-0.39, 0.29) is 10.5 Å². The summed E-state index contributed by atoms with van der Waals surface area (Å²) in [6.45, 7) is 0. The van der Waals surface area contributed by atoms with Gasteiger partial charge >= 0.3 is 0 Å². The minimum Gasteiger partial charge on any atom is -0.353 e. The van der Waals surface area contributed by atoms with Crippen LogP contribution in [0.3, 0.4) is 0 Å². The first-order valence-corrected chi connectivity index (χ1v) is 3.13. The van der Waals surface area contributed by atoms with Crippen LogP contribution in [0.1, 0.15) is 0 Å². The topological polar surface area (TPSA) is 53.5 Å². The Bertz CT molecular complexity index is 134. The van der Waals surface area contributed by atoms with Crippen molar-refractivity contribution >= 4 is 26.5 Å². The Morgan fingerprint density at radius 3 is 2.44 bits per heavy atom. The zero-order valence-electron chi connectivity index (χ0n) is 5.23. The van der Waals surface area contributed by atoms with E-state index in [0.717, 1.165) is 0 Å². The van der Waals surface area contributed by atoms with E-state index in [2.05, 4.69) is 31.8 Å². The predicted molar refractivity (Wildman–Crippen MR) is 39.5 cm³/mol. The fraction of sp³-hybridized carbons (Fsp3) is 0.500. The van der Waals surface area contributed by atoms with Gasteiger partial charge in [-0.2, -0.15) is 5.10 Å². The van der Waals surface area contributed by atoms with Crippen molar-refractivity contribution in [1.29, 1.82) is 0 Å². The van der Waals surface area contributed by atoms with Crippen molar-refractivity contribution in [2.24, 2.45) is 5.10 Å². The average molecular weight is 194 g/mol. The van der Waals surface area contributed by atoms with Gasteiger partial charge in [-0.1, -0.05) is 0 Å². The molecule has 0 atom stereocenters. The van der Waals surface area contributed by atoms with Crippen molar-refractivity contribution in [3.05, 3.63) is 0 Å². The van der Waals surface area contributed by atoms with Gasteiger partial charge in [0.1, 0.15) is 0 Å². The second-order valence-electron chi connectivity index (χ2n) is 1.21. The molecular formula is C4H8BrN3O. The highest BCUT2D eigenvalue weighted by molar-refractivity contribution is 9.19. The average Bonchev–Trinajstić information content (AvgIpc) is 1.87. The molecule has 9 heavy (non-hydrogen) atoms. The van der Waals surface area contributed by atoms with Crippen LogP contribution >= 0.6 is 15.9 Å². The van der Waals surface area contributed by atoms with Gasteiger partial charge in [-0.25, -0.2) is 0 Å². The number of carbonyl (C=O) groups is 1. The fourth-order valence-electron chi connectivity index (χ4n) is 0.252. The van der Waals surface area contributed by atoms with Crippen molar-refractivity contribution in [2.45, 2.75) is 0 Å². The number of hydrogen-bond acceptors (Lipinski definition) is 3. The lowest BCUT2D eigenvalue weighted by Gasteiger charge is -1.93. The number of hydrazone groups is 1. The molecule has 0 aliphatic rings. The molecule has 0 fully saturated rings. The minimum absolute atomic E-state index is 0.243. The summed E-state index contributed by atoms with van der Waals surface area (Å²) in [7, 11) is 3.15. The van der Waals surface area contributed by atoms with E-state index in [1.165, 1.54) is 7.05 Å². The summed E-state index contributed by atoms with van der Waals surface area (Å²) in [4.78, 5) is 10.6. The van der Waals surface area contributed by atoms with Gasteiger partial charge in [0.2, 0.25) is 0 Å². The summed E-state index contributed by atoms with van der Waals surface area (Å²) in [5, 5.41) is 5.96. The van der Waals surface area contributed by atoms with E-state index in [4.69, 9.17) is 0 Å². The molecule has 0 aliphatic heterocycles. The molecule has 0 radical (unpaired) electrons. The summed E-state index contributed by atoms with van der Waals surface area (Å²) in [5.41, 5.74) is 2.46. The second kappa shape index (κ2) is 4.31. The van der Waals surface area contributed by atoms with Crippen LogP contribution in [0.25, 0.3) is 0 Å². The Balaban J connectivity index is 3.86. The lowest BCUT2D eigenvalue weighted by molar-refractivity contribution is -0.114. The van der Waals surface area contributed by atoms with E-state index in [1.54, 1.807) is 7.05 Å². The van der Waals surface area contributed by atoms with Crippen molar-refractivity contribution < 1.29 is 4.79 Å². The molecular weight excluding hydrogens is 186 g/mol. The third-order valence-electron chi connectivity index (χ3n) is 0.624. The van der Waals surface area contributed by atoms with E-state index in [9.17, 15) is 4.79 Å². The number of carbonyl (C=O) groups excluding carboxylic acids is 1. The summed E-state index contributed by atoms with van der Waals surface area (Å²) < 4.78 is 0.243. The smallest absolute Gasteiger partial charge is 0.278 e. The fourth-order valence-corrected chi connectivity index (χ4v) is 0.628. The summed E-state index contributed by atoms with van der Waals surface area (Å²) in [6.07, 6.45) is 0. The lowest BCUT2D eigenvalue weighted by atomic mass is 10.7. The van der Waals surface area contributed by atoms with Crippen LogP contribution in [0.15, 0.2) is 5.10 Å². The SMILES string of the molecule is CN/N=C(/Br)C(=O)NC. The molecule has 0 spiro atoms. The Hall–Kier alpha value is -0.580. The second-order valence-corrected chi connectivity index (χ2v) is 1.96. The van der Waals surface area contributed by atoms with E-state index >= 15 is 0 Å². The molecule has 0 aromatic heterocycles.